The summed E-state index contributed by atoms with van der Waals surface area (Å²) in [6.07, 6.45) is 3.37. The van der Waals surface area contributed by atoms with Gasteiger partial charge < -0.3 is 20.3 Å². The third-order valence-corrected chi connectivity index (χ3v) is 7.17. The predicted molar refractivity (Wildman–Crippen MR) is 116 cm³/mol. The van der Waals surface area contributed by atoms with Crippen molar-refractivity contribution >= 4 is 34.2 Å². The SMILES string of the molecule is Cc1cc2c(=O)c(C(=O)O)cn(C3CC3)c2c(Cl)c1N1C[C@@H](N)[C@H](C)C(C)(C)C1. The van der Waals surface area contributed by atoms with Crippen molar-refractivity contribution in [3.63, 3.8) is 0 Å². The molecule has 1 aromatic heterocycles. The van der Waals surface area contributed by atoms with E-state index >= 15 is 0 Å². The molecule has 2 heterocycles. The highest BCUT2D eigenvalue weighted by Crippen LogP contribution is 2.44. The summed E-state index contributed by atoms with van der Waals surface area (Å²) in [5.74, 6) is -0.831. The number of anilines is 1. The molecule has 7 heteroatoms. The zero-order chi connectivity index (χ0) is 21.2. The zero-order valence-electron chi connectivity index (χ0n) is 17.3. The monoisotopic (exact) mass is 417 g/mol. The molecule has 0 amide bonds. The number of halogens is 1. The molecule has 6 nitrogen and oxygen atoms in total. The molecule has 2 aromatic rings. The maximum absolute atomic E-state index is 12.9. The van der Waals surface area contributed by atoms with Gasteiger partial charge in [0.1, 0.15) is 5.56 Å². The van der Waals surface area contributed by atoms with Crippen molar-refractivity contribution in [3.8, 4) is 0 Å². The Bertz CT molecular complexity index is 1070. The molecule has 0 spiro atoms. The fourth-order valence-electron chi connectivity index (χ4n) is 4.63. The number of nitrogens with zero attached hydrogens (tertiary/aromatic N) is 2. The fourth-order valence-corrected chi connectivity index (χ4v) is 5.10. The number of aromatic nitrogens is 1. The van der Waals surface area contributed by atoms with Crippen molar-refractivity contribution in [2.24, 2.45) is 17.1 Å². The lowest BCUT2D eigenvalue weighted by Crippen LogP contribution is -2.56. The Balaban J connectivity index is 1.96. The van der Waals surface area contributed by atoms with Crippen molar-refractivity contribution < 1.29 is 9.90 Å². The van der Waals surface area contributed by atoms with E-state index in [0.29, 0.717) is 28.4 Å². The number of hydrogen-bond acceptors (Lipinski definition) is 4. The number of aromatic carboxylic acids is 1. The van der Waals surface area contributed by atoms with Gasteiger partial charge >= 0.3 is 5.97 Å². The Morgan fingerprint density at radius 3 is 2.55 bits per heavy atom. The van der Waals surface area contributed by atoms with E-state index in [1.165, 1.54) is 6.20 Å². The van der Waals surface area contributed by atoms with Gasteiger partial charge in [-0.15, -0.1) is 0 Å². The first-order valence-corrected chi connectivity index (χ1v) is 10.5. The highest BCUT2D eigenvalue weighted by atomic mass is 35.5. The van der Waals surface area contributed by atoms with Crippen LogP contribution in [0.5, 0.6) is 0 Å². The van der Waals surface area contributed by atoms with E-state index in [1.807, 2.05) is 11.5 Å². The van der Waals surface area contributed by atoms with Crippen LogP contribution in [0.25, 0.3) is 10.9 Å². The first-order chi connectivity index (χ1) is 13.5. The third kappa shape index (κ3) is 3.22. The fraction of sp³-hybridized carbons (Fsp3) is 0.545. The molecule has 0 unspecified atom stereocenters. The number of pyridine rings is 1. The summed E-state index contributed by atoms with van der Waals surface area (Å²) in [5, 5.41) is 10.4. The maximum atomic E-state index is 12.9. The van der Waals surface area contributed by atoms with E-state index < -0.39 is 11.4 Å². The normalized spacial score (nSPS) is 24.1. The first-order valence-electron chi connectivity index (χ1n) is 10.1. The number of nitrogens with two attached hydrogens (primary N) is 1. The lowest BCUT2D eigenvalue weighted by atomic mass is 9.72. The van der Waals surface area contributed by atoms with Gasteiger partial charge in [-0.2, -0.15) is 0 Å². The standard InChI is InChI=1S/C22H28ClN3O3/c1-11-7-14-19(26(13-5-6-13)8-15(20(14)27)21(28)29)17(23)18(11)25-9-16(24)12(2)22(3,4)10-25/h7-8,12-13,16H,5-6,9-10,24H2,1-4H3,(H,28,29)/t12-,16+/m0/s1. The van der Waals surface area contributed by atoms with Crippen LogP contribution in [0.4, 0.5) is 5.69 Å². The number of carboxylic acid groups (broad SMARTS) is 1. The van der Waals surface area contributed by atoms with Crippen molar-refractivity contribution in [3.05, 3.63) is 38.6 Å². The minimum atomic E-state index is -1.21. The number of fused-ring (bicyclic) bond motifs is 1. The van der Waals surface area contributed by atoms with Crippen LogP contribution in [0, 0.1) is 18.3 Å². The molecule has 2 aliphatic rings. The van der Waals surface area contributed by atoms with Crippen LogP contribution in [-0.4, -0.2) is 34.8 Å². The highest BCUT2D eigenvalue weighted by molar-refractivity contribution is 6.38. The van der Waals surface area contributed by atoms with Crippen molar-refractivity contribution in [1.29, 1.82) is 0 Å². The molecule has 1 saturated carbocycles. The van der Waals surface area contributed by atoms with Crippen LogP contribution < -0.4 is 16.1 Å². The molecule has 2 atom stereocenters. The smallest absolute Gasteiger partial charge is 0.341 e. The van der Waals surface area contributed by atoms with E-state index in [-0.39, 0.29) is 23.1 Å². The second-order valence-electron chi connectivity index (χ2n) is 9.39. The van der Waals surface area contributed by atoms with Gasteiger partial charge in [-0.05, 0) is 42.7 Å². The summed E-state index contributed by atoms with van der Waals surface area (Å²) in [7, 11) is 0. The number of piperidine rings is 1. The summed E-state index contributed by atoms with van der Waals surface area (Å²) < 4.78 is 1.89. The van der Waals surface area contributed by atoms with E-state index in [1.54, 1.807) is 6.07 Å². The van der Waals surface area contributed by atoms with Gasteiger partial charge in [-0.3, -0.25) is 4.79 Å². The predicted octanol–water partition coefficient (Wildman–Crippen LogP) is 3.81. The zero-order valence-corrected chi connectivity index (χ0v) is 18.1. The number of carbonyl (C=O) groups is 1. The summed E-state index contributed by atoms with van der Waals surface area (Å²) in [6, 6.07) is 2.00. The Kier molecular flexibility index (Phi) is 4.70. The van der Waals surface area contributed by atoms with E-state index in [0.717, 1.165) is 30.6 Å². The van der Waals surface area contributed by atoms with Crippen LogP contribution in [0.2, 0.25) is 5.02 Å². The molecule has 156 valence electrons. The van der Waals surface area contributed by atoms with E-state index in [4.69, 9.17) is 17.3 Å². The van der Waals surface area contributed by atoms with Gasteiger partial charge in [0.2, 0.25) is 5.43 Å². The average molecular weight is 418 g/mol. The molecule has 1 aliphatic carbocycles. The molecule has 1 saturated heterocycles. The van der Waals surface area contributed by atoms with Crippen molar-refractivity contribution in [1.82, 2.24) is 4.57 Å². The third-order valence-electron chi connectivity index (χ3n) is 6.81. The van der Waals surface area contributed by atoms with Gasteiger partial charge in [0.25, 0.3) is 0 Å². The largest absolute Gasteiger partial charge is 0.477 e. The number of carboxylic acids is 1. The van der Waals surface area contributed by atoms with Gasteiger partial charge in [0.15, 0.2) is 0 Å². The summed E-state index contributed by atoms with van der Waals surface area (Å²) >= 11 is 6.95. The van der Waals surface area contributed by atoms with Gasteiger partial charge in [-0.1, -0.05) is 32.4 Å². The first kappa shape index (κ1) is 20.2. The number of aryl methyl sites for hydroxylation is 1. The molecule has 3 N–H and O–H groups in total. The van der Waals surface area contributed by atoms with Gasteiger partial charge in [0, 0.05) is 36.8 Å². The average Bonchev–Trinajstić information content (AvgIpc) is 3.45. The molecular formula is C22H28ClN3O3. The number of hydrogen-bond donors (Lipinski definition) is 2. The Hall–Kier alpha value is -2.05. The Morgan fingerprint density at radius 2 is 2.00 bits per heavy atom. The molecule has 4 rings (SSSR count). The lowest BCUT2D eigenvalue weighted by Gasteiger charge is -2.48. The summed E-state index contributed by atoms with van der Waals surface area (Å²) in [6.45, 7) is 10.0. The van der Waals surface area contributed by atoms with Crippen LogP contribution >= 0.6 is 11.6 Å². The van der Waals surface area contributed by atoms with Crippen LogP contribution in [-0.2, 0) is 0 Å². The Morgan fingerprint density at radius 1 is 1.34 bits per heavy atom. The second-order valence-corrected chi connectivity index (χ2v) is 9.77. The number of benzene rings is 1. The van der Waals surface area contributed by atoms with E-state index in [2.05, 4.69) is 25.7 Å². The minimum absolute atomic E-state index is 0.0184. The lowest BCUT2D eigenvalue weighted by molar-refractivity contribution is 0.0695. The van der Waals surface area contributed by atoms with Gasteiger partial charge in [-0.25, -0.2) is 4.79 Å². The molecule has 0 radical (unpaired) electrons. The molecule has 29 heavy (non-hydrogen) atoms. The maximum Gasteiger partial charge on any atom is 0.341 e. The second kappa shape index (κ2) is 6.74. The molecular weight excluding hydrogens is 390 g/mol. The quantitative estimate of drug-likeness (QED) is 0.792. The molecule has 0 bridgehead atoms. The van der Waals surface area contributed by atoms with Crippen LogP contribution in [0.1, 0.15) is 55.6 Å². The van der Waals surface area contributed by atoms with Gasteiger partial charge in [0.05, 0.1) is 16.2 Å². The van der Waals surface area contributed by atoms with Crippen molar-refractivity contribution in [2.45, 2.75) is 52.6 Å². The van der Waals surface area contributed by atoms with Crippen LogP contribution in [0.15, 0.2) is 17.1 Å². The number of rotatable bonds is 3. The van der Waals surface area contributed by atoms with Crippen LogP contribution in [0.3, 0.4) is 0 Å². The molecule has 1 aromatic carbocycles. The topological polar surface area (TPSA) is 88.6 Å². The minimum Gasteiger partial charge on any atom is -0.477 e. The highest BCUT2D eigenvalue weighted by Gasteiger charge is 2.39. The van der Waals surface area contributed by atoms with E-state index in [9.17, 15) is 14.7 Å². The summed E-state index contributed by atoms with van der Waals surface area (Å²) in [5.41, 5.74) is 8.18. The van der Waals surface area contributed by atoms with Crippen molar-refractivity contribution in [2.75, 3.05) is 18.0 Å². The summed E-state index contributed by atoms with van der Waals surface area (Å²) in [4.78, 5) is 26.7. The molecule has 1 aliphatic heterocycles. The Labute approximate surface area is 175 Å². The molecule has 2 fully saturated rings.